The molecule has 1 aliphatic heterocycles. The fourth-order valence-corrected chi connectivity index (χ4v) is 4.96. The Morgan fingerprint density at radius 2 is 1.39 bits per heavy atom. The third-order valence-electron chi connectivity index (χ3n) is 6.82. The highest BCUT2D eigenvalue weighted by atomic mass is 16.5. The second-order valence-corrected chi connectivity index (χ2v) is 10.7. The van der Waals surface area contributed by atoms with Crippen molar-refractivity contribution in [2.24, 2.45) is 0 Å². The van der Waals surface area contributed by atoms with Crippen molar-refractivity contribution in [1.82, 2.24) is 0 Å². The summed E-state index contributed by atoms with van der Waals surface area (Å²) in [5.74, 6) is -0.249. The van der Waals surface area contributed by atoms with Gasteiger partial charge in [-0.25, -0.2) is 0 Å². The van der Waals surface area contributed by atoms with Crippen LogP contribution in [0, 0.1) is 0 Å². The van der Waals surface area contributed by atoms with E-state index in [9.17, 15) is 19.8 Å². The van der Waals surface area contributed by atoms with Crippen LogP contribution in [0.4, 0.5) is 5.69 Å². The van der Waals surface area contributed by atoms with Crippen molar-refractivity contribution in [2.75, 3.05) is 24.7 Å². The van der Waals surface area contributed by atoms with E-state index < -0.39 is 17.7 Å². The molecule has 216 valence electrons. The number of aliphatic hydroxyl groups is 1. The summed E-state index contributed by atoms with van der Waals surface area (Å²) in [6.45, 7) is 13.0. The maximum atomic E-state index is 13.6. The minimum absolute atomic E-state index is 0.0340. The van der Waals surface area contributed by atoms with Gasteiger partial charge >= 0.3 is 0 Å². The largest absolute Gasteiger partial charge is 0.508 e. The van der Waals surface area contributed by atoms with Gasteiger partial charge in [0.25, 0.3) is 11.7 Å². The van der Waals surface area contributed by atoms with E-state index in [1.54, 1.807) is 48.5 Å². The number of hydrogen-bond donors (Lipinski definition) is 2. The van der Waals surface area contributed by atoms with Crippen molar-refractivity contribution < 1.29 is 34.0 Å². The van der Waals surface area contributed by atoms with Crippen molar-refractivity contribution >= 4 is 23.1 Å². The lowest BCUT2D eigenvalue weighted by Gasteiger charge is -2.27. The predicted octanol–water partition coefficient (Wildman–Crippen LogP) is 6.51. The van der Waals surface area contributed by atoms with Gasteiger partial charge in [-0.1, -0.05) is 32.9 Å². The van der Waals surface area contributed by atoms with Crippen molar-refractivity contribution in [3.05, 3.63) is 82.9 Å². The maximum absolute atomic E-state index is 13.6. The first-order valence-electron chi connectivity index (χ1n) is 13.8. The zero-order chi connectivity index (χ0) is 29.9. The topological polar surface area (TPSA) is 106 Å². The monoisotopic (exact) mass is 559 g/mol. The van der Waals surface area contributed by atoms with Gasteiger partial charge in [-0.15, -0.1) is 0 Å². The van der Waals surface area contributed by atoms with E-state index in [-0.39, 0.29) is 22.5 Å². The highest BCUT2D eigenvalue weighted by Gasteiger charge is 2.47. The van der Waals surface area contributed by atoms with E-state index in [1.165, 1.54) is 17.0 Å². The average molecular weight is 560 g/mol. The number of Topliss-reactive ketones (excluding diaryl/α,β-unsaturated/α-hetero) is 1. The Morgan fingerprint density at radius 1 is 0.805 bits per heavy atom. The van der Waals surface area contributed by atoms with E-state index >= 15 is 0 Å². The summed E-state index contributed by atoms with van der Waals surface area (Å²) in [5, 5.41) is 21.6. The van der Waals surface area contributed by atoms with Crippen molar-refractivity contribution in [3.63, 3.8) is 0 Å². The first-order valence-corrected chi connectivity index (χ1v) is 13.8. The summed E-state index contributed by atoms with van der Waals surface area (Å²) in [4.78, 5) is 28.6. The van der Waals surface area contributed by atoms with Gasteiger partial charge in [0.15, 0.2) is 11.5 Å². The molecular formula is C33H37NO7. The lowest BCUT2D eigenvalue weighted by molar-refractivity contribution is -0.132. The zero-order valence-corrected chi connectivity index (χ0v) is 24.4. The molecule has 1 heterocycles. The second kappa shape index (κ2) is 12.0. The summed E-state index contributed by atoms with van der Waals surface area (Å²) >= 11 is 0. The Balaban J connectivity index is 1.94. The van der Waals surface area contributed by atoms with Crippen molar-refractivity contribution in [1.29, 1.82) is 0 Å². The van der Waals surface area contributed by atoms with Crippen LogP contribution < -0.4 is 19.1 Å². The first-order chi connectivity index (χ1) is 19.5. The molecule has 1 atom stereocenters. The summed E-state index contributed by atoms with van der Waals surface area (Å²) in [7, 11) is 0. The summed E-state index contributed by atoms with van der Waals surface area (Å²) < 4.78 is 17.3. The Bertz CT molecular complexity index is 1470. The lowest BCUT2D eigenvalue weighted by atomic mass is 9.84. The van der Waals surface area contributed by atoms with Crippen LogP contribution in [0.25, 0.3) is 5.76 Å². The molecule has 8 nitrogen and oxygen atoms in total. The van der Waals surface area contributed by atoms with Gasteiger partial charge in [0.2, 0.25) is 0 Å². The lowest BCUT2D eigenvalue weighted by Crippen LogP contribution is -2.29. The zero-order valence-electron chi connectivity index (χ0n) is 24.4. The molecule has 0 radical (unpaired) electrons. The van der Waals surface area contributed by atoms with Gasteiger partial charge < -0.3 is 24.4 Å². The molecule has 1 amide bonds. The molecule has 3 aromatic carbocycles. The third-order valence-corrected chi connectivity index (χ3v) is 6.82. The number of phenols is 1. The number of aromatic hydroxyl groups is 1. The van der Waals surface area contributed by atoms with Crippen LogP contribution in [0.3, 0.4) is 0 Å². The van der Waals surface area contributed by atoms with Gasteiger partial charge in [-0.3, -0.25) is 14.5 Å². The normalized spacial score (nSPS) is 16.6. The molecule has 1 fully saturated rings. The number of amides is 1. The van der Waals surface area contributed by atoms with Crippen LogP contribution in [0.15, 0.2) is 66.2 Å². The highest BCUT2D eigenvalue weighted by molar-refractivity contribution is 6.51. The summed E-state index contributed by atoms with van der Waals surface area (Å²) in [6, 6.07) is 15.5. The van der Waals surface area contributed by atoms with E-state index in [4.69, 9.17) is 14.2 Å². The van der Waals surface area contributed by atoms with Crippen LogP contribution in [0.2, 0.25) is 0 Å². The van der Waals surface area contributed by atoms with E-state index in [1.807, 2.05) is 41.5 Å². The third kappa shape index (κ3) is 5.87. The van der Waals surface area contributed by atoms with Crippen LogP contribution in [-0.4, -0.2) is 41.7 Å². The van der Waals surface area contributed by atoms with Crippen LogP contribution >= 0.6 is 0 Å². The van der Waals surface area contributed by atoms with Gasteiger partial charge in [0.05, 0.1) is 31.4 Å². The number of anilines is 1. The first kappa shape index (κ1) is 29.5. The molecule has 0 saturated carbocycles. The number of ether oxygens (including phenoxy) is 3. The van der Waals surface area contributed by atoms with Crippen LogP contribution in [-0.2, 0) is 15.0 Å². The summed E-state index contributed by atoms with van der Waals surface area (Å²) in [6.07, 6.45) is 0. The van der Waals surface area contributed by atoms with E-state index in [2.05, 4.69) is 0 Å². The molecule has 0 bridgehead atoms. The number of phenolic OH excluding ortho intramolecular Hbond substituents is 1. The fraction of sp³-hybridized carbons (Fsp3) is 0.333. The molecule has 1 saturated heterocycles. The minimum atomic E-state index is -0.965. The number of rotatable bonds is 9. The second-order valence-electron chi connectivity index (χ2n) is 10.7. The maximum Gasteiger partial charge on any atom is 0.300 e. The SMILES string of the molecule is CCOc1ccc(N2C(=O)C(=O)/C(=C(\O)c3ccc(OCC)c(C(C)(C)C)c3)C2c2ccc(O)cc2)cc1OCC. The molecule has 3 aromatic rings. The molecule has 41 heavy (non-hydrogen) atoms. The predicted molar refractivity (Wildman–Crippen MR) is 158 cm³/mol. The molecular weight excluding hydrogens is 522 g/mol. The Labute approximate surface area is 240 Å². The molecule has 1 aliphatic rings. The number of hydrogen-bond acceptors (Lipinski definition) is 7. The molecule has 8 heteroatoms. The molecule has 0 aliphatic carbocycles. The van der Waals surface area contributed by atoms with Crippen molar-refractivity contribution in [2.45, 2.75) is 53.0 Å². The number of carbonyl (C=O) groups excluding carboxylic acids is 2. The Hall–Kier alpha value is -4.46. The molecule has 1 unspecified atom stereocenters. The fourth-order valence-electron chi connectivity index (χ4n) is 4.96. The number of ketones is 1. The van der Waals surface area contributed by atoms with Gasteiger partial charge in [0.1, 0.15) is 17.3 Å². The molecule has 0 aromatic heterocycles. The summed E-state index contributed by atoms with van der Waals surface area (Å²) in [5.41, 5.74) is 1.81. The molecule has 4 rings (SSSR count). The van der Waals surface area contributed by atoms with Crippen LogP contribution in [0.1, 0.15) is 64.3 Å². The van der Waals surface area contributed by atoms with Crippen molar-refractivity contribution in [3.8, 4) is 23.0 Å². The Kier molecular flexibility index (Phi) is 8.61. The van der Waals surface area contributed by atoms with E-state index in [0.717, 1.165) is 5.56 Å². The highest BCUT2D eigenvalue weighted by Crippen LogP contribution is 2.45. The van der Waals surface area contributed by atoms with Crippen LogP contribution in [0.5, 0.6) is 23.0 Å². The number of benzene rings is 3. The minimum Gasteiger partial charge on any atom is -0.508 e. The van der Waals surface area contributed by atoms with Gasteiger partial charge in [-0.2, -0.15) is 0 Å². The average Bonchev–Trinajstić information content (AvgIpc) is 3.20. The number of aliphatic hydroxyl groups excluding tert-OH is 1. The van der Waals surface area contributed by atoms with Gasteiger partial charge in [0, 0.05) is 22.9 Å². The quantitative estimate of drug-likeness (QED) is 0.175. The van der Waals surface area contributed by atoms with E-state index in [0.29, 0.717) is 53.9 Å². The standard InChI is InChI=1S/C33H37NO7/c1-7-39-25-16-12-21(18-24(25)33(4,5)6)30(36)28-29(20-10-14-23(35)15-11-20)34(32(38)31(28)37)22-13-17-26(40-8-2)27(19-22)41-9-3/h10-19,29,35-36H,7-9H2,1-6H3/b30-28-. The molecule has 0 spiro atoms. The Morgan fingerprint density at radius 3 is 2.00 bits per heavy atom. The van der Waals surface area contributed by atoms with Gasteiger partial charge in [-0.05, 0) is 74.2 Å². The number of nitrogens with zero attached hydrogens (tertiary/aromatic N) is 1. The molecule has 2 N–H and O–H groups in total. The smallest absolute Gasteiger partial charge is 0.300 e. The number of carbonyl (C=O) groups is 2.